The van der Waals surface area contributed by atoms with E-state index in [9.17, 15) is 9.50 Å². The number of nitrogens with zero attached hydrogens (tertiary/aromatic N) is 1. The minimum Gasteiger partial charge on any atom is -0.491 e. The first-order valence-corrected chi connectivity index (χ1v) is 11.0. The number of nitrogens with one attached hydrogen (secondary N) is 1. The van der Waals surface area contributed by atoms with E-state index in [1.165, 1.54) is 6.07 Å². The van der Waals surface area contributed by atoms with E-state index in [0.29, 0.717) is 31.0 Å². The summed E-state index contributed by atoms with van der Waals surface area (Å²) in [6.45, 7) is 5.57. The molecule has 174 valence electrons. The number of halogens is 1. The molecular formula is C27H31FN2O3. The number of aliphatic hydroxyl groups is 1. The molecule has 3 rings (SSSR count). The molecule has 33 heavy (non-hydrogen) atoms. The first-order valence-electron chi connectivity index (χ1n) is 11.0. The Morgan fingerprint density at radius 3 is 2.42 bits per heavy atom. The van der Waals surface area contributed by atoms with Crippen molar-refractivity contribution in [3.63, 3.8) is 0 Å². The lowest BCUT2D eigenvalue weighted by Crippen LogP contribution is -2.32. The molecule has 1 atom stereocenters. The zero-order valence-electron chi connectivity index (χ0n) is 19.3. The summed E-state index contributed by atoms with van der Waals surface area (Å²) in [5.74, 6) is 0.523. The molecule has 3 aromatic carbocycles. The summed E-state index contributed by atoms with van der Waals surface area (Å²) in [5.41, 5.74) is 4.70. The predicted octanol–water partition coefficient (Wildman–Crippen LogP) is 5.03. The zero-order chi connectivity index (χ0) is 23.8. The van der Waals surface area contributed by atoms with Crippen LogP contribution in [-0.4, -0.2) is 48.8 Å². The fourth-order valence-corrected chi connectivity index (χ4v) is 3.61. The van der Waals surface area contributed by atoms with E-state index in [2.05, 4.69) is 0 Å². The van der Waals surface area contributed by atoms with Gasteiger partial charge in [0.2, 0.25) is 5.90 Å². The summed E-state index contributed by atoms with van der Waals surface area (Å²) in [6.07, 6.45) is -0.648. The number of rotatable bonds is 10. The third kappa shape index (κ3) is 7.14. The average Bonchev–Trinajstić information content (AvgIpc) is 2.80. The average molecular weight is 451 g/mol. The van der Waals surface area contributed by atoms with Crippen LogP contribution in [0.1, 0.15) is 23.6 Å². The molecule has 0 aliphatic heterocycles. The largest absolute Gasteiger partial charge is 0.491 e. The van der Waals surface area contributed by atoms with Crippen LogP contribution in [0.2, 0.25) is 0 Å². The Hall–Kier alpha value is -3.22. The second-order valence-electron chi connectivity index (χ2n) is 8.10. The Bertz CT molecular complexity index is 1050. The van der Waals surface area contributed by atoms with Gasteiger partial charge in [0.1, 0.15) is 24.3 Å². The first kappa shape index (κ1) is 24.4. The van der Waals surface area contributed by atoms with Gasteiger partial charge in [0.05, 0.1) is 6.61 Å². The van der Waals surface area contributed by atoms with E-state index >= 15 is 0 Å². The maximum Gasteiger partial charge on any atom is 0.213 e. The Kier molecular flexibility index (Phi) is 8.58. The van der Waals surface area contributed by atoms with Gasteiger partial charge in [-0.25, -0.2) is 4.39 Å². The first-order chi connectivity index (χ1) is 15.9. The zero-order valence-corrected chi connectivity index (χ0v) is 19.3. The molecule has 0 amide bonds. The molecule has 1 unspecified atom stereocenters. The summed E-state index contributed by atoms with van der Waals surface area (Å²) in [4.78, 5) is 2.03. The van der Waals surface area contributed by atoms with Crippen molar-refractivity contribution in [3.8, 4) is 16.9 Å². The molecule has 0 bridgehead atoms. The van der Waals surface area contributed by atoms with E-state index in [-0.39, 0.29) is 18.3 Å². The van der Waals surface area contributed by atoms with Crippen LogP contribution in [0.5, 0.6) is 5.75 Å². The highest BCUT2D eigenvalue weighted by atomic mass is 19.1. The predicted molar refractivity (Wildman–Crippen MR) is 129 cm³/mol. The fraction of sp³-hybridized carbons (Fsp3) is 0.296. The highest BCUT2D eigenvalue weighted by Gasteiger charge is 2.11. The molecular weight excluding hydrogens is 419 g/mol. The van der Waals surface area contributed by atoms with Crippen LogP contribution in [-0.2, 0) is 11.3 Å². The lowest BCUT2D eigenvalue weighted by atomic mass is 9.99. The van der Waals surface area contributed by atoms with Crippen molar-refractivity contribution in [2.24, 2.45) is 0 Å². The molecule has 0 saturated heterocycles. The molecule has 0 fully saturated rings. The third-order valence-corrected chi connectivity index (χ3v) is 5.29. The molecule has 5 nitrogen and oxygen atoms in total. The molecule has 0 spiro atoms. The molecule has 6 heteroatoms. The Balaban J connectivity index is 1.47. The maximum absolute atomic E-state index is 13.6. The van der Waals surface area contributed by atoms with E-state index in [1.807, 2.05) is 50.1 Å². The Labute approximate surface area is 194 Å². The normalized spacial score (nSPS) is 11.9. The summed E-state index contributed by atoms with van der Waals surface area (Å²) in [5, 5.41) is 18.2. The van der Waals surface area contributed by atoms with Crippen LogP contribution >= 0.6 is 0 Å². The van der Waals surface area contributed by atoms with Crippen molar-refractivity contribution < 1.29 is 19.0 Å². The van der Waals surface area contributed by atoms with Gasteiger partial charge in [-0.15, -0.1) is 0 Å². The Morgan fingerprint density at radius 1 is 1.06 bits per heavy atom. The summed E-state index contributed by atoms with van der Waals surface area (Å²) < 4.78 is 24.5. The molecule has 0 aliphatic rings. The summed E-state index contributed by atoms with van der Waals surface area (Å²) in [7, 11) is 1.95. The number of benzene rings is 3. The molecule has 3 aromatic rings. The standard InChI is InChI=1S/C27H31FN2O3/c1-4-32-27(29)22-10-13-25(14-11-22)33-18-24(31)17-30(3)16-20-6-8-21(9-7-20)26-15-23(28)12-5-19(26)2/h5-15,24,29,31H,4,16-18H2,1-3H3. The van der Waals surface area contributed by atoms with Gasteiger partial charge >= 0.3 is 0 Å². The number of likely N-dealkylation sites (N-methyl/N-ethyl adjacent to an activating group) is 1. The van der Waals surface area contributed by atoms with E-state index in [4.69, 9.17) is 14.9 Å². The molecule has 2 N–H and O–H groups in total. The van der Waals surface area contributed by atoms with Crippen molar-refractivity contribution >= 4 is 5.90 Å². The molecule has 0 aliphatic carbocycles. The van der Waals surface area contributed by atoms with Gasteiger partial charge < -0.3 is 14.6 Å². The highest BCUT2D eigenvalue weighted by Crippen LogP contribution is 2.25. The van der Waals surface area contributed by atoms with Gasteiger partial charge in [0.15, 0.2) is 0 Å². The van der Waals surface area contributed by atoms with E-state index in [1.54, 1.807) is 36.4 Å². The lowest BCUT2D eigenvalue weighted by Gasteiger charge is -2.21. The summed E-state index contributed by atoms with van der Waals surface area (Å²) in [6, 6.07) is 19.9. The van der Waals surface area contributed by atoms with E-state index in [0.717, 1.165) is 22.3 Å². The van der Waals surface area contributed by atoms with Crippen molar-refractivity contribution in [1.82, 2.24) is 4.90 Å². The molecule has 0 saturated carbocycles. The van der Waals surface area contributed by atoms with Crippen LogP contribution in [0.25, 0.3) is 11.1 Å². The van der Waals surface area contributed by atoms with E-state index < -0.39 is 6.10 Å². The van der Waals surface area contributed by atoms with Gasteiger partial charge in [0.25, 0.3) is 0 Å². The van der Waals surface area contributed by atoms with Crippen LogP contribution < -0.4 is 4.74 Å². The minimum absolute atomic E-state index is 0.129. The smallest absolute Gasteiger partial charge is 0.213 e. The number of aliphatic hydroxyl groups excluding tert-OH is 1. The van der Waals surface area contributed by atoms with Crippen molar-refractivity contribution in [3.05, 3.63) is 89.2 Å². The third-order valence-electron chi connectivity index (χ3n) is 5.29. The minimum atomic E-state index is -0.648. The molecule has 0 radical (unpaired) electrons. The second-order valence-corrected chi connectivity index (χ2v) is 8.10. The maximum atomic E-state index is 13.6. The number of hydrogen-bond acceptors (Lipinski definition) is 5. The van der Waals surface area contributed by atoms with Crippen LogP contribution in [0, 0.1) is 18.2 Å². The summed E-state index contributed by atoms with van der Waals surface area (Å²) >= 11 is 0. The highest BCUT2D eigenvalue weighted by molar-refractivity contribution is 5.91. The van der Waals surface area contributed by atoms with Crippen molar-refractivity contribution in [2.45, 2.75) is 26.5 Å². The Morgan fingerprint density at radius 2 is 1.76 bits per heavy atom. The van der Waals surface area contributed by atoms with Gasteiger partial charge in [0, 0.05) is 18.7 Å². The van der Waals surface area contributed by atoms with Crippen LogP contribution in [0.3, 0.4) is 0 Å². The fourth-order valence-electron chi connectivity index (χ4n) is 3.61. The monoisotopic (exact) mass is 450 g/mol. The lowest BCUT2D eigenvalue weighted by molar-refractivity contribution is 0.0744. The number of hydrogen-bond donors (Lipinski definition) is 2. The second kappa shape index (κ2) is 11.6. The van der Waals surface area contributed by atoms with Crippen LogP contribution in [0.15, 0.2) is 66.7 Å². The van der Waals surface area contributed by atoms with Crippen molar-refractivity contribution in [1.29, 1.82) is 5.41 Å². The SMILES string of the molecule is CCOC(=N)c1ccc(OCC(O)CN(C)Cc2ccc(-c3cc(F)ccc3C)cc2)cc1. The van der Waals surface area contributed by atoms with Gasteiger partial charge in [-0.3, -0.25) is 10.3 Å². The number of ether oxygens (including phenoxy) is 2. The van der Waals surface area contributed by atoms with Gasteiger partial charge in [-0.1, -0.05) is 30.3 Å². The molecule has 0 heterocycles. The molecule has 0 aromatic heterocycles. The quantitative estimate of drug-likeness (QED) is 0.336. The number of aryl methyl sites for hydroxylation is 1. The van der Waals surface area contributed by atoms with Gasteiger partial charge in [-0.2, -0.15) is 0 Å². The van der Waals surface area contributed by atoms with Crippen LogP contribution in [0.4, 0.5) is 4.39 Å². The topological polar surface area (TPSA) is 65.8 Å². The van der Waals surface area contributed by atoms with Crippen molar-refractivity contribution in [2.75, 3.05) is 26.8 Å². The van der Waals surface area contributed by atoms with Gasteiger partial charge in [-0.05, 0) is 79.5 Å².